The van der Waals surface area contributed by atoms with Gasteiger partial charge in [0.25, 0.3) is 0 Å². The van der Waals surface area contributed by atoms with Crippen molar-refractivity contribution in [3.63, 3.8) is 0 Å². The van der Waals surface area contributed by atoms with Crippen LogP contribution in [0.3, 0.4) is 0 Å². The highest BCUT2D eigenvalue weighted by atomic mass is 32.1. The van der Waals surface area contributed by atoms with Gasteiger partial charge >= 0.3 is 0 Å². The minimum Gasteiger partial charge on any atom is -0.493 e. The summed E-state index contributed by atoms with van der Waals surface area (Å²) in [5.41, 5.74) is 1.32. The van der Waals surface area contributed by atoms with E-state index in [1.807, 2.05) is 0 Å². The van der Waals surface area contributed by atoms with Gasteiger partial charge in [-0.05, 0) is 49.7 Å². The van der Waals surface area contributed by atoms with Crippen LogP contribution in [-0.4, -0.2) is 61.6 Å². The highest BCUT2D eigenvalue weighted by molar-refractivity contribution is 7.80. The largest absolute Gasteiger partial charge is 0.493 e. The number of nitrogens with one attached hydrogen (secondary N) is 2. The Hall–Kier alpha value is -2.69. The summed E-state index contributed by atoms with van der Waals surface area (Å²) in [6, 6.07) is 7.28. The Kier molecular flexibility index (Phi) is 9.67. The van der Waals surface area contributed by atoms with Crippen LogP contribution >= 0.6 is 12.2 Å². The quantitative estimate of drug-likeness (QED) is 0.341. The third kappa shape index (κ3) is 7.15. The monoisotopic (exact) mass is 495 g/mol. The summed E-state index contributed by atoms with van der Waals surface area (Å²) in [7, 11) is 3.10. The van der Waals surface area contributed by atoms with E-state index in [1.54, 1.807) is 26.4 Å². The van der Waals surface area contributed by atoms with Crippen LogP contribution in [0.2, 0.25) is 0 Å². The van der Waals surface area contributed by atoms with Gasteiger partial charge in [0, 0.05) is 49.1 Å². The van der Waals surface area contributed by atoms with E-state index >= 15 is 0 Å². The van der Waals surface area contributed by atoms with Crippen molar-refractivity contribution in [2.75, 3.05) is 45.8 Å². The van der Waals surface area contributed by atoms with Gasteiger partial charge in [-0.1, -0.05) is 0 Å². The number of thiocarbonyl (C=S) groups is 1. The first-order valence-corrected chi connectivity index (χ1v) is 11.6. The molecule has 2 aromatic rings. The first-order chi connectivity index (χ1) is 16.4. The van der Waals surface area contributed by atoms with Gasteiger partial charge in [0.05, 0.1) is 27.4 Å². The highest BCUT2D eigenvalue weighted by Crippen LogP contribution is 2.33. The molecule has 0 saturated carbocycles. The standard InChI is InChI=1S/C24H31F2N3O4S/c1-31-22-12-16(15-30)21(14-23(22)32-2)28-24(34)27-17-6-9-29(10-7-17)8-3-11-33-18-4-5-19(25)20(26)13-18/h4-5,12-14,17,30H,3,6-11,15H2,1-2H3,(H2,27,28,34). The zero-order valence-electron chi connectivity index (χ0n) is 19.4. The van der Waals surface area contributed by atoms with Crippen LogP contribution in [0.15, 0.2) is 30.3 Å². The van der Waals surface area contributed by atoms with E-state index in [2.05, 4.69) is 15.5 Å². The molecule has 0 unspecified atom stereocenters. The molecule has 0 amide bonds. The van der Waals surface area contributed by atoms with Crippen molar-refractivity contribution >= 4 is 23.0 Å². The fourth-order valence-electron chi connectivity index (χ4n) is 3.86. The van der Waals surface area contributed by atoms with E-state index in [0.717, 1.165) is 51.0 Å². The second-order valence-electron chi connectivity index (χ2n) is 8.01. The molecule has 1 fully saturated rings. The first-order valence-electron chi connectivity index (χ1n) is 11.2. The van der Waals surface area contributed by atoms with Gasteiger partial charge in [0.1, 0.15) is 5.75 Å². The van der Waals surface area contributed by atoms with E-state index in [1.165, 1.54) is 6.07 Å². The maximum atomic E-state index is 13.2. The molecule has 10 heteroatoms. The number of methoxy groups -OCH3 is 2. The minimum atomic E-state index is -0.904. The van der Waals surface area contributed by atoms with Gasteiger partial charge in [-0.15, -0.1) is 0 Å². The molecule has 3 rings (SSSR count). The Morgan fingerprint density at radius 1 is 1.09 bits per heavy atom. The van der Waals surface area contributed by atoms with Crippen molar-refractivity contribution in [3.8, 4) is 17.2 Å². The van der Waals surface area contributed by atoms with Gasteiger partial charge in [0.15, 0.2) is 28.2 Å². The third-order valence-electron chi connectivity index (χ3n) is 5.73. The van der Waals surface area contributed by atoms with E-state index in [0.29, 0.717) is 40.2 Å². The molecule has 1 saturated heterocycles. The predicted molar refractivity (Wildman–Crippen MR) is 131 cm³/mol. The van der Waals surface area contributed by atoms with Crippen molar-refractivity contribution < 1.29 is 28.1 Å². The number of hydrogen-bond donors (Lipinski definition) is 3. The van der Waals surface area contributed by atoms with E-state index in [9.17, 15) is 13.9 Å². The Labute approximate surface area is 204 Å². The molecule has 1 aliphatic rings. The zero-order chi connectivity index (χ0) is 24.5. The molecular weight excluding hydrogens is 464 g/mol. The van der Waals surface area contributed by atoms with E-state index in [4.69, 9.17) is 26.4 Å². The fraction of sp³-hybridized carbons (Fsp3) is 0.458. The molecule has 34 heavy (non-hydrogen) atoms. The smallest absolute Gasteiger partial charge is 0.171 e. The lowest BCUT2D eigenvalue weighted by atomic mass is 10.1. The van der Waals surface area contributed by atoms with E-state index in [-0.39, 0.29) is 12.6 Å². The fourth-order valence-corrected chi connectivity index (χ4v) is 4.13. The molecule has 0 spiro atoms. The highest BCUT2D eigenvalue weighted by Gasteiger charge is 2.20. The van der Waals surface area contributed by atoms with Gasteiger partial charge in [-0.2, -0.15) is 0 Å². The Morgan fingerprint density at radius 3 is 2.44 bits per heavy atom. The van der Waals surface area contributed by atoms with Crippen molar-refractivity contribution in [3.05, 3.63) is 47.5 Å². The molecule has 0 bridgehead atoms. The second-order valence-corrected chi connectivity index (χ2v) is 8.42. The summed E-state index contributed by atoms with van der Waals surface area (Å²) in [4.78, 5) is 2.35. The Morgan fingerprint density at radius 2 is 1.79 bits per heavy atom. The number of hydrogen-bond acceptors (Lipinski definition) is 6. The van der Waals surface area contributed by atoms with Gasteiger partial charge in [0.2, 0.25) is 0 Å². The van der Waals surface area contributed by atoms with Crippen LogP contribution in [0.1, 0.15) is 24.8 Å². The third-order valence-corrected chi connectivity index (χ3v) is 5.95. The topological polar surface area (TPSA) is 75.2 Å². The summed E-state index contributed by atoms with van der Waals surface area (Å²) in [5.74, 6) is -0.360. The molecule has 186 valence electrons. The first kappa shape index (κ1) is 25.9. The molecule has 0 atom stereocenters. The molecule has 0 radical (unpaired) electrons. The van der Waals surface area contributed by atoms with Gasteiger partial charge < -0.3 is 34.9 Å². The summed E-state index contributed by atoms with van der Waals surface area (Å²) in [6.45, 7) is 2.98. The number of likely N-dealkylation sites (tertiary alicyclic amines) is 1. The average Bonchev–Trinajstić information content (AvgIpc) is 2.84. The Balaban J connectivity index is 1.39. The average molecular weight is 496 g/mol. The van der Waals surface area contributed by atoms with E-state index < -0.39 is 11.6 Å². The molecule has 7 nitrogen and oxygen atoms in total. The molecule has 0 aromatic heterocycles. The van der Waals surface area contributed by atoms with Crippen molar-refractivity contribution in [1.29, 1.82) is 0 Å². The molecular formula is C24H31F2N3O4S. The predicted octanol–water partition coefficient (Wildman–Crippen LogP) is 3.69. The van der Waals surface area contributed by atoms with Crippen LogP contribution in [-0.2, 0) is 6.61 Å². The molecule has 0 aliphatic carbocycles. The van der Waals surface area contributed by atoms with Crippen LogP contribution in [0.5, 0.6) is 17.2 Å². The molecule has 3 N–H and O–H groups in total. The number of aliphatic hydroxyl groups excluding tert-OH is 1. The second kappa shape index (κ2) is 12.7. The number of halogens is 2. The van der Waals surface area contributed by atoms with Crippen LogP contribution in [0.4, 0.5) is 14.5 Å². The number of aliphatic hydroxyl groups is 1. The van der Waals surface area contributed by atoms with Crippen molar-refractivity contribution in [2.45, 2.75) is 31.9 Å². The number of piperidine rings is 1. The minimum absolute atomic E-state index is 0.163. The lowest BCUT2D eigenvalue weighted by molar-refractivity contribution is 0.188. The normalized spacial score (nSPS) is 14.5. The maximum absolute atomic E-state index is 13.2. The van der Waals surface area contributed by atoms with Gasteiger partial charge in [-0.25, -0.2) is 8.78 Å². The van der Waals surface area contributed by atoms with Crippen LogP contribution in [0.25, 0.3) is 0 Å². The van der Waals surface area contributed by atoms with Gasteiger partial charge in [-0.3, -0.25) is 0 Å². The lowest BCUT2D eigenvalue weighted by Crippen LogP contribution is -2.46. The van der Waals surface area contributed by atoms with Crippen molar-refractivity contribution in [2.24, 2.45) is 0 Å². The maximum Gasteiger partial charge on any atom is 0.171 e. The number of rotatable bonds is 10. The molecule has 1 aliphatic heterocycles. The number of benzene rings is 2. The lowest BCUT2D eigenvalue weighted by Gasteiger charge is -2.33. The Bertz CT molecular complexity index is 971. The summed E-state index contributed by atoms with van der Waals surface area (Å²) in [6.07, 6.45) is 2.66. The number of anilines is 1. The summed E-state index contributed by atoms with van der Waals surface area (Å²) < 4.78 is 42.3. The molecule has 1 heterocycles. The zero-order valence-corrected chi connectivity index (χ0v) is 20.2. The number of ether oxygens (including phenoxy) is 3. The van der Waals surface area contributed by atoms with Crippen molar-refractivity contribution in [1.82, 2.24) is 10.2 Å². The SMILES string of the molecule is COc1cc(CO)c(NC(=S)NC2CCN(CCCOc3ccc(F)c(F)c3)CC2)cc1OC. The number of nitrogens with zero attached hydrogens (tertiary/aromatic N) is 1. The molecule has 2 aromatic carbocycles. The van der Waals surface area contributed by atoms with Crippen LogP contribution < -0.4 is 24.8 Å². The van der Waals surface area contributed by atoms with Crippen LogP contribution in [0, 0.1) is 11.6 Å². The summed E-state index contributed by atoms with van der Waals surface area (Å²) in [5, 5.41) is 16.7. The summed E-state index contributed by atoms with van der Waals surface area (Å²) >= 11 is 5.49.